The van der Waals surface area contributed by atoms with Crippen LogP contribution in [0.15, 0.2) is 6.07 Å². The van der Waals surface area contributed by atoms with Crippen LogP contribution in [-0.4, -0.2) is 23.4 Å². The highest BCUT2D eigenvalue weighted by molar-refractivity contribution is 6.00. The highest BCUT2D eigenvalue weighted by Crippen LogP contribution is 2.41. The Bertz CT molecular complexity index is 566. The second kappa shape index (κ2) is 4.47. The molecule has 2 fully saturated rings. The Morgan fingerprint density at radius 1 is 1.30 bits per heavy atom. The lowest BCUT2D eigenvalue weighted by atomic mass is 9.94. The lowest BCUT2D eigenvalue weighted by molar-refractivity contribution is 0.548. The van der Waals surface area contributed by atoms with Crippen LogP contribution in [0.5, 0.6) is 0 Å². The third kappa shape index (κ3) is 1.81. The zero-order valence-corrected chi connectivity index (χ0v) is 11.9. The second-order valence-electron chi connectivity index (χ2n) is 6.57. The zero-order chi connectivity index (χ0) is 13.7. The van der Waals surface area contributed by atoms with Crippen LogP contribution in [0.2, 0.25) is 0 Å². The molecule has 1 saturated heterocycles. The third-order valence-corrected chi connectivity index (χ3v) is 5.25. The number of hydrogen-bond acceptors (Lipinski definition) is 3. The molecule has 4 rings (SSSR count). The summed E-state index contributed by atoms with van der Waals surface area (Å²) in [5.74, 6) is 1.99. The van der Waals surface area contributed by atoms with Crippen LogP contribution in [-0.2, 0) is 12.8 Å². The number of pyridine rings is 1. The topological polar surface area (TPSA) is 66.0 Å². The monoisotopic (exact) mass is 270 g/mol. The minimum Gasteiger partial charge on any atom is -0.384 e. The van der Waals surface area contributed by atoms with Crippen LogP contribution in [0.4, 0.5) is 5.82 Å². The fourth-order valence-electron chi connectivity index (χ4n) is 4.22. The van der Waals surface area contributed by atoms with Crippen LogP contribution in [0, 0.1) is 11.3 Å². The SMILES string of the molecule is N=C(N)c1cc2c(nc1N1CC3CCC1C3)CCCC2. The summed E-state index contributed by atoms with van der Waals surface area (Å²) in [7, 11) is 0. The van der Waals surface area contributed by atoms with E-state index in [0.29, 0.717) is 6.04 Å². The largest absolute Gasteiger partial charge is 0.384 e. The number of aryl methyl sites for hydroxylation is 2. The third-order valence-electron chi connectivity index (χ3n) is 5.25. The van der Waals surface area contributed by atoms with Gasteiger partial charge in [0.05, 0.1) is 5.56 Å². The molecule has 106 valence electrons. The van der Waals surface area contributed by atoms with Crippen LogP contribution >= 0.6 is 0 Å². The molecular weight excluding hydrogens is 248 g/mol. The molecule has 2 atom stereocenters. The summed E-state index contributed by atoms with van der Waals surface area (Å²) in [4.78, 5) is 7.37. The number of fused-ring (bicyclic) bond motifs is 3. The number of rotatable bonds is 2. The van der Waals surface area contributed by atoms with Crippen LogP contribution in [0.1, 0.15) is 48.9 Å². The Labute approximate surface area is 119 Å². The first-order valence-corrected chi connectivity index (χ1v) is 7.86. The van der Waals surface area contributed by atoms with E-state index in [1.54, 1.807) is 0 Å². The number of amidine groups is 1. The van der Waals surface area contributed by atoms with Gasteiger partial charge in [-0.25, -0.2) is 4.98 Å². The van der Waals surface area contributed by atoms with Gasteiger partial charge in [-0.1, -0.05) is 0 Å². The average Bonchev–Trinajstić information content (AvgIpc) is 3.08. The van der Waals surface area contributed by atoms with Crippen molar-refractivity contribution >= 4 is 11.7 Å². The van der Waals surface area contributed by atoms with Crippen molar-refractivity contribution in [3.8, 4) is 0 Å². The normalized spacial score (nSPS) is 27.7. The maximum absolute atomic E-state index is 7.90. The molecule has 1 aromatic rings. The van der Waals surface area contributed by atoms with E-state index >= 15 is 0 Å². The molecular formula is C16H22N4. The molecule has 3 aliphatic rings. The molecule has 2 heterocycles. The number of nitrogens with zero attached hydrogens (tertiary/aromatic N) is 2. The maximum atomic E-state index is 7.90. The van der Waals surface area contributed by atoms with Gasteiger partial charge in [0.15, 0.2) is 0 Å². The van der Waals surface area contributed by atoms with Crippen LogP contribution in [0.25, 0.3) is 0 Å². The average molecular weight is 270 g/mol. The Kier molecular flexibility index (Phi) is 2.72. The molecule has 4 nitrogen and oxygen atoms in total. The summed E-state index contributed by atoms with van der Waals surface area (Å²) >= 11 is 0. The maximum Gasteiger partial charge on any atom is 0.140 e. The molecule has 20 heavy (non-hydrogen) atoms. The number of aromatic nitrogens is 1. The lowest BCUT2D eigenvalue weighted by Crippen LogP contribution is -2.35. The van der Waals surface area contributed by atoms with Gasteiger partial charge in [0.1, 0.15) is 11.7 Å². The number of nitrogen functional groups attached to an aromatic ring is 1. The highest BCUT2D eigenvalue weighted by Gasteiger charge is 2.39. The summed E-state index contributed by atoms with van der Waals surface area (Å²) in [6.07, 6.45) is 8.60. The molecule has 1 aromatic heterocycles. The smallest absolute Gasteiger partial charge is 0.140 e. The van der Waals surface area contributed by atoms with Gasteiger partial charge in [-0.15, -0.1) is 0 Å². The second-order valence-corrected chi connectivity index (χ2v) is 6.57. The molecule has 0 aromatic carbocycles. The first kappa shape index (κ1) is 12.2. The number of anilines is 1. The molecule has 2 aliphatic carbocycles. The number of nitrogens with two attached hydrogens (primary N) is 1. The Morgan fingerprint density at radius 2 is 2.15 bits per heavy atom. The van der Waals surface area contributed by atoms with E-state index in [4.69, 9.17) is 16.1 Å². The molecule has 0 spiro atoms. The van der Waals surface area contributed by atoms with Gasteiger partial charge in [-0.3, -0.25) is 5.41 Å². The standard InChI is InChI=1S/C16H22N4/c17-15(18)13-8-11-3-1-2-4-14(11)19-16(13)20-9-10-5-6-12(20)7-10/h8,10,12H,1-7,9H2,(H3,17,18). The Morgan fingerprint density at radius 3 is 2.85 bits per heavy atom. The number of nitrogens with one attached hydrogen (secondary N) is 1. The lowest BCUT2D eigenvalue weighted by Gasteiger charge is -2.31. The quantitative estimate of drug-likeness (QED) is 0.640. The van der Waals surface area contributed by atoms with Gasteiger partial charge in [0, 0.05) is 18.3 Å². The van der Waals surface area contributed by atoms with Gasteiger partial charge in [-0.05, 0) is 62.5 Å². The molecule has 2 bridgehead atoms. The van der Waals surface area contributed by atoms with Gasteiger partial charge < -0.3 is 10.6 Å². The van der Waals surface area contributed by atoms with Crippen molar-refractivity contribution in [1.82, 2.24) is 4.98 Å². The van der Waals surface area contributed by atoms with Gasteiger partial charge in [0.25, 0.3) is 0 Å². The number of piperidine rings is 1. The fourth-order valence-corrected chi connectivity index (χ4v) is 4.22. The predicted molar refractivity (Wildman–Crippen MR) is 80.4 cm³/mol. The number of hydrogen-bond donors (Lipinski definition) is 2. The molecule has 1 aliphatic heterocycles. The van der Waals surface area contributed by atoms with Crippen LogP contribution in [0.3, 0.4) is 0 Å². The summed E-state index contributed by atoms with van der Waals surface area (Å²) < 4.78 is 0. The van der Waals surface area contributed by atoms with Crippen molar-refractivity contribution in [2.24, 2.45) is 11.7 Å². The summed E-state index contributed by atoms with van der Waals surface area (Å²) in [6.45, 7) is 1.11. The minimum absolute atomic E-state index is 0.170. The van der Waals surface area contributed by atoms with Crippen molar-refractivity contribution < 1.29 is 0 Å². The molecule has 1 saturated carbocycles. The highest BCUT2D eigenvalue weighted by atomic mass is 15.2. The Hall–Kier alpha value is -1.58. The molecule has 0 amide bonds. The van der Waals surface area contributed by atoms with E-state index < -0.39 is 0 Å². The Balaban J connectivity index is 1.78. The summed E-state index contributed by atoms with van der Waals surface area (Å²) in [6, 6.07) is 2.78. The summed E-state index contributed by atoms with van der Waals surface area (Å²) in [5, 5.41) is 7.90. The van der Waals surface area contributed by atoms with E-state index in [2.05, 4.69) is 11.0 Å². The molecule has 3 N–H and O–H groups in total. The molecule has 2 unspecified atom stereocenters. The van der Waals surface area contributed by atoms with E-state index in [0.717, 1.165) is 36.7 Å². The van der Waals surface area contributed by atoms with Crippen molar-refractivity contribution in [1.29, 1.82) is 5.41 Å². The summed E-state index contributed by atoms with van der Waals surface area (Å²) in [5.41, 5.74) is 9.25. The van der Waals surface area contributed by atoms with E-state index in [9.17, 15) is 0 Å². The molecule has 0 radical (unpaired) electrons. The fraction of sp³-hybridized carbons (Fsp3) is 0.625. The van der Waals surface area contributed by atoms with Crippen molar-refractivity contribution in [3.63, 3.8) is 0 Å². The van der Waals surface area contributed by atoms with Gasteiger partial charge in [-0.2, -0.15) is 0 Å². The van der Waals surface area contributed by atoms with Crippen molar-refractivity contribution in [3.05, 3.63) is 22.9 Å². The first-order chi connectivity index (χ1) is 9.72. The van der Waals surface area contributed by atoms with E-state index in [-0.39, 0.29) is 5.84 Å². The first-order valence-electron chi connectivity index (χ1n) is 7.86. The van der Waals surface area contributed by atoms with Gasteiger partial charge >= 0.3 is 0 Å². The van der Waals surface area contributed by atoms with E-state index in [1.165, 1.54) is 43.4 Å². The molecule has 4 heteroatoms. The van der Waals surface area contributed by atoms with Gasteiger partial charge in [0.2, 0.25) is 0 Å². The predicted octanol–water partition coefficient (Wildman–Crippen LogP) is 2.23. The van der Waals surface area contributed by atoms with E-state index in [1.807, 2.05) is 0 Å². The van der Waals surface area contributed by atoms with Crippen molar-refractivity contribution in [2.75, 3.05) is 11.4 Å². The minimum atomic E-state index is 0.170. The van der Waals surface area contributed by atoms with Crippen molar-refractivity contribution in [2.45, 2.75) is 51.0 Å². The zero-order valence-electron chi connectivity index (χ0n) is 11.9. The van der Waals surface area contributed by atoms with Crippen LogP contribution < -0.4 is 10.6 Å².